The number of carbonyl (C=O) groups is 2. The van der Waals surface area contributed by atoms with Gasteiger partial charge in [0.05, 0.1) is 12.4 Å². The zero-order valence-corrected chi connectivity index (χ0v) is 10.1. The van der Waals surface area contributed by atoms with Gasteiger partial charge in [0, 0.05) is 17.8 Å². The second-order valence-electron chi connectivity index (χ2n) is 3.90. The molecule has 1 amide bonds. The summed E-state index contributed by atoms with van der Waals surface area (Å²) in [6, 6.07) is 0. The molecular formula is C10H12N6O3. The van der Waals surface area contributed by atoms with Crippen molar-refractivity contribution in [3.05, 3.63) is 29.3 Å². The summed E-state index contributed by atoms with van der Waals surface area (Å²) in [7, 11) is 0. The number of nitrogens with zero attached hydrogens (tertiary/aromatic N) is 4. The number of amides is 1. The van der Waals surface area contributed by atoms with Gasteiger partial charge in [-0.3, -0.25) is 9.89 Å². The molecule has 2 heterocycles. The van der Waals surface area contributed by atoms with Crippen LogP contribution in [-0.2, 0) is 17.9 Å². The average Bonchev–Trinajstić information content (AvgIpc) is 2.96. The van der Waals surface area contributed by atoms with E-state index >= 15 is 0 Å². The molecule has 9 heteroatoms. The fourth-order valence-corrected chi connectivity index (χ4v) is 1.42. The number of nitrogens with one attached hydrogen (secondary N) is 2. The third kappa shape index (κ3) is 3.15. The van der Waals surface area contributed by atoms with Crippen molar-refractivity contribution in [3.8, 4) is 0 Å². The number of hydrogen-bond donors (Lipinski definition) is 3. The summed E-state index contributed by atoms with van der Waals surface area (Å²) < 4.78 is 1.17. The monoisotopic (exact) mass is 264 g/mol. The van der Waals surface area contributed by atoms with E-state index in [0.717, 1.165) is 11.3 Å². The molecule has 2 aromatic heterocycles. The number of aromatic carboxylic acids is 1. The maximum atomic E-state index is 11.6. The van der Waals surface area contributed by atoms with E-state index < -0.39 is 5.97 Å². The molecule has 0 spiro atoms. The van der Waals surface area contributed by atoms with Crippen LogP contribution in [0.1, 0.15) is 21.7 Å². The molecule has 3 N–H and O–H groups in total. The van der Waals surface area contributed by atoms with Gasteiger partial charge in [0.1, 0.15) is 6.54 Å². The Labute approximate surface area is 107 Å². The van der Waals surface area contributed by atoms with Crippen LogP contribution in [0.25, 0.3) is 0 Å². The lowest BCUT2D eigenvalue weighted by Crippen LogP contribution is -2.27. The number of hydrogen-bond acceptors (Lipinski definition) is 5. The SMILES string of the molecule is Cc1[nH]ncc1CNC(=O)Cn1cc(C(=O)O)nn1. The Morgan fingerprint density at radius 2 is 2.32 bits per heavy atom. The van der Waals surface area contributed by atoms with Crippen LogP contribution in [0, 0.1) is 6.92 Å². The molecule has 0 saturated carbocycles. The lowest BCUT2D eigenvalue weighted by atomic mass is 10.2. The predicted octanol–water partition coefficient (Wildman–Crippen LogP) is -0.676. The number of carboxylic acids is 1. The van der Waals surface area contributed by atoms with Crippen molar-refractivity contribution in [2.45, 2.75) is 20.0 Å². The number of carbonyl (C=O) groups excluding carboxylic acids is 1. The third-order valence-corrected chi connectivity index (χ3v) is 2.47. The van der Waals surface area contributed by atoms with Gasteiger partial charge in [0.15, 0.2) is 5.69 Å². The summed E-state index contributed by atoms with van der Waals surface area (Å²) in [5, 5.41) is 24.9. The minimum absolute atomic E-state index is 0.0861. The molecular weight excluding hydrogens is 252 g/mol. The van der Waals surface area contributed by atoms with Gasteiger partial charge in [0.25, 0.3) is 0 Å². The standard InChI is InChI=1S/C10H12N6O3/c1-6-7(3-12-13-6)2-11-9(17)5-16-4-8(10(18)19)14-15-16/h3-4H,2,5H2,1H3,(H,11,17)(H,12,13)(H,18,19). The molecule has 0 aliphatic rings. The summed E-state index contributed by atoms with van der Waals surface area (Å²) >= 11 is 0. The fraction of sp³-hybridized carbons (Fsp3) is 0.300. The van der Waals surface area contributed by atoms with E-state index in [-0.39, 0.29) is 18.1 Å². The Balaban J connectivity index is 1.87. The highest BCUT2D eigenvalue weighted by Crippen LogP contribution is 2.01. The lowest BCUT2D eigenvalue weighted by Gasteiger charge is -2.03. The Kier molecular flexibility index (Phi) is 3.55. The first-order valence-electron chi connectivity index (χ1n) is 5.45. The average molecular weight is 264 g/mol. The van der Waals surface area contributed by atoms with Crippen LogP contribution in [0.5, 0.6) is 0 Å². The summed E-state index contributed by atoms with van der Waals surface area (Å²) in [4.78, 5) is 22.2. The highest BCUT2D eigenvalue weighted by atomic mass is 16.4. The first-order valence-corrected chi connectivity index (χ1v) is 5.45. The third-order valence-electron chi connectivity index (χ3n) is 2.47. The lowest BCUT2D eigenvalue weighted by molar-refractivity contribution is -0.122. The maximum Gasteiger partial charge on any atom is 0.358 e. The molecule has 2 rings (SSSR count). The maximum absolute atomic E-state index is 11.6. The van der Waals surface area contributed by atoms with Crippen LogP contribution in [-0.4, -0.2) is 42.2 Å². The summed E-state index contributed by atoms with van der Waals surface area (Å²) in [5.41, 5.74) is 1.57. The first-order chi connectivity index (χ1) is 9.06. The minimum Gasteiger partial charge on any atom is -0.476 e. The van der Waals surface area contributed by atoms with Crippen molar-refractivity contribution >= 4 is 11.9 Å². The molecule has 0 fully saturated rings. The van der Waals surface area contributed by atoms with Crippen molar-refractivity contribution in [3.63, 3.8) is 0 Å². The summed E-state index contributed by atoms with van der Waals surface area (Å²) in [6.45, 7) is 2.11. The summed E-state index contributed by atoms with van der Waals surface area (Å²) in [5.74, 6) is -1.47. The Hall–Kier alpha value is -2.71. The molecule has 0 bridgehead atoms. The highest BCUT2D eigenvalue weighted by molar-refractivity contribution is 5.84. The molecule has 19 heavy (non-hydrogen) atoms. The van der Waals surface area contributed by atoms with E-state index in [1.165, 1.54) is 10.9 Å². The molecule has 0 radical (unpaired) electrons. The molecule has 9 nitrogen and oxygen atoms in total. The van der Waals surface area contributed by atoms with Crippen LogP contribution >= 0.6 is 0 Å². The van der Waals surface area contributed by atoms with Crippen LogP contribution < -0.4 is 5.32 Å². The van der Waals surface area contributed by atoms with Crippen LogP contribution in [0.15, 0.2) is 12.4 Å². The van der Waals surface area contributed by atoms with Gasteiger partial charge in [-0.1, -0.05) is 5.21 Å². The van der Waals surface area contributed by atoms with Crippen LogP contribution in [0.4, 0.5) is 0 Å². The topological polar surface area (TPSA) is 126 Å². The predicted molar refractivity (Wildman–Crippen MR) is 62.2 cm³/mol. The zero-order valence-electron chi connectivity index (χ0n) is 10.1. The van der Waals surface area contributed by atoms with E-state index in [1.807, 2.05) is 6.92 Å². The van der Waals surface area contributed by atoms with E-state index in [2.05, 4.69) is 25.8 Å². The number of aryl methyl sites for hydroxylation is 1. The van der Waals surface area contributed by atoms with Gasteiger partial charge in [-0.25, -0.2) is 9.48 Å². The molecule has 0 atom stereocenters. The fourth-order valence-electron chi connectivity index (χ4n) is 1.42. The van der Waals surface area contributed by atoms with Gasteiger partial charge in [-0.15, -0.1) is 5.10 Å². The quantitative estimate of drug-likeness (QED) is 0.657. The molecule has 0 aromatic carbocycles. The molecule has 0 aliphatic carbocycles. The van der Waals surface area contributed by atoms with Crippen molar-refractivity contribution in [1.29, 1.82) is 0 Å². The van der Waals surface area contributed by atoms with E-state index in [9.17, 15) is 9.59 Å². The molecule has 100 valence electrons. The second kappa shape index (κ2) is 5.29. The number of H-pyrrole nitrogens is 1. The molecule has 2 aromatic rings. The normalized spacial score (nSPS) is 10.4. The molecule has 0 unspecified atom stereocenters. The van der Waals surface area contributed by atoms with Crippen molar-refractivity contribution in [2.24, 2.45) is 0 Å². The number of aromatic amines is 1. The Bertz CT molecular complexity index is 602. The van der Waals surface area contributed by atoms with E-state index in [0.29, 0.717) is 6.54 Å². The molecule has 0 aliphatic heterocycles. The van der Waals surface area contributed by atoms with Crippen molar-refractivity contribution < 1.29 is 14.7 Å². The van der Waals surface area contributed by atoms with E-state index in [1.54, 1.807) is 6.20 Å². The zero-order chi connectivity index (χ0) is 13.8. The van der Waals surface area contributed by atoms with Crippen LogP contribution in [0.2, 0.25) is 0 Å². The Morgan fingerprint density at radius 3 is 2.89 bits per heavy atom. The van der Waals surface area contributed by atoms with Gasteiger partial charge in [-0.2, -0.15) is 5.10 Å². The number of rotatable bonds is 5. The Morgan fingerprint density at radius 1 is 1.53 bits per heavy atom. The smallest absolute Gasteiger partial charge is 0.358 e. The number of aromatic nitrogens is 5. The molecule has 0 saturated heterocycles. The van der Waals surface area contributed by atoms with E-state index in [4.69, 9.17) is 5.11 Å². The van der Waals surface area contributed by atoms with Crippen molar-refractivity contribution in [1.82, 2.24) is 30.5 Å². The van der Waals surface area contributed by atoms with Gasteiger partial charge in [0.2, 0.25) is 5.91 Å². The summed E-state index contributed by atoms with van der Waals surface area (Å²) in [6.07, 6.45) is 2.83. The van der Waals surface area contributed by atoms with Gasteiger partial charge in [-0.05, 0) is 6.92 Å². The number of carboxylic acid groups (broad SMARTS) is 1. The van der Waals surface area contributed by atoms with Crippen molar-refractivity contribution in [2.75, 3.05) is 0 Å². The highest BCUT2D eigenvalue weighted by Gasteiger charge is 2.10. The van der Waals surface area contributed by atoms with Gasteiger partial charge < -0.3 is 10.4 Å². The largest absolute Gasteiger partial charge is 0.476 e. The first kappa shape index (κ1) is 12.7. The minimum atomic E-state index is -1.18. The van der Waals surface area contributed by atoms with Crippen LogP contribution in [0.3, 0.4) is 0 Å². The van der Waals surface area contributed by atoms with Gasteiger partial charge >= 0.3 is 5.97 Å². The second-order valence-corrected chi connectivity index (χ2v) is 3.90.